The van der Waals surface area contributed by atoms with Crippen LogP contribution in [0.15, 0.2) is 73.6 Å². The number of piperidine rings is 1. The minimum Gasteiger partial charge on any atom is -0.326 e. The highest BCUT2D eigenvalue weighted by Gasteiger charge is 2.17. The highest BCUT2D eigenvalue weighted by Crippen LogP contribution is 2.29. The van der Waals surface area contributed by atoms with Crippen LogP contribution in [0.25, 0.3) is 33.5 Å². The zero-order chi connectivity index (χ0) is 23.8. The molecule has 1 amide bonds. The Bertz CT molecular complexity index is 1490. The number of benzene rings is 2. The lowest BCUT2D eigenvalue weighted by Gasteiger charge is -2.22. The van der Waals surface area contributed by atoms with E-state index in [4.69, 9.17) is 0 Å². The number of aromatic nitrogens is 6. The van der Waals surface area contributed by atoms with Gasteiger partial charge in [0.05, 0.1) is 34.6 Å². The summed E-state index contributed by atoms with van der Waals surface area (Å²) < 4.78 is 5.89. The SMILES string of the molecule is CC(=O)Nc1cc(-n2cccn2)cc(-n2cnc3cc(-c4cnn(C5CCNCC5)c4)ccc32)c1. The highest BCUT2D eigenvalue weighted by molar-refractivity contribution is 5.90. The zero-order valence-corrected chi connectivity index (χ0v) is 19.4. The zero-order valence-electron chi connectivity index (χ0n) is 19.4. The molecule has 0 aliphatic carbocycles. The monoisotopic (exact) mass is 466 g/mol. The van der Waals surface area contributed by atoms with E-state index in [1.54, 1.807) is 10.9 Å². The molecule has 2 aromatic carbocycles. The van der Waals surface area contributed by atoms with E-state index in [1.807, 2.05) is 47.6 Å². The Kier molecular flexibility index (Phi) is 5.38. The summed E-state index contributed by atoms with van der Waals surface area (Å²) in [6.45, 7) is 3.57. The van der Waals surface area contributed by atoms with Crippen LogP contribution in [0, 0.1) is 0 Å². The average Bonchev–Trinajstić information content (AvgIpc) is 3.64. The fourth-order valence-electron chi connectivity index (χ4n) is 4.72. The van der Waals surface area contributed by atoms with Crippen molar-refractivity contribution < 1.29 is 4.79 Å². The summed E-state index contributed by atoms with van der Waals surface area (Å²) in [5, 5.41) is 15.3. The van der Waals surface area contributed by atoms with Crippen LogP contribution in [0.4, 0.5) is 5.69 Å². The van der Waals surface area contributed by atoms with E-state index in [1.165, 1.54) is 6.92 Å². The van der Waals surface area contributed by atoms with E-state index in [0.29, 0.717) is 11.7 Å². The standard InChI is InChI=1S/C26H26N8O/c1-18(35)31-21-12-23(14-24(13-21)33-10-2-7-29-33)32-17-28-25-11-19(3-4-26(25)32)20-15-30-34(16-20)22-5-8-27-9-6-22/h2-4,7,10-17,22,27H,5-6,8-9H2,1H3,(H,31,35). The minimum atomic E-state index is -0.126. The largest absolute Gasteiger partial charge is 0.326 e. The van der Waals surface area contributed by atoms with Gasteiger partial charge in [0.1, 0.15) is 6.33 Å². The smallest absolute Gasteiger partial charge is 0.221 e. The number of hydrogen-bond acceptors (Lipinski definition) is 5. The van der Waals surface area contributed by atoms with Gasteiger partial charge in [-0.05, 0) is 67.9 Å². The molecule has 0 bridgehead atoms. The molecule has 1 aliphatic heterocycles. The molecule has 1 fully saturated rings. The molecule has 2 N–H and O–H groups in total. The molecule has 0 saturated carbocycles. The molecule has 1 aliphatic rings. The van der Waals surface area contributed by atoms with Crippen molar-refractivity contribution in [1.29, 1.82) is 0 Å². The maximum absolute atomic E-state index is 11.7. The number of fused-ring (bicyclic) bond motifs is 1. The van der Waals surface area contributed by atoms with E-state index in [-0.39, 0.29) is 5.91 Å². The van der Waals surface area contributed by atoms with E-state index in [0.717, 1.165) is 59.5 Å². The lowest BCUT2D eigenvalue weighted by atomic mass is 10.1. The molecule has 9 nitrogen and oxygen atoms in total. The number of anilines is 1. The number of hydrogen-bond donors (Lipinski definition) is 2. The van der Waals surface area contributed by atoms with Gasteiger partial charge in [-0.25, -0.2) is 9.67 Å². The van der Waals surface area contributed by atoms with Crippen LogP contribution < -0.4 is 10.6 Å². The van der Waals surface area contributed by atoms with Crippen molar-refractivity contribution in [3.05, 3.63) is 73.6 Å². The van der Waals surface area contributed by atoms with Crippen molar-refractivity contribution in [2.75, 3.05) is 18.4 Å². The van der Waals surface area contributed by atoms with Gasteiger partial charge >= 0.3 is 0 Å². The third kappa shape index (κ3) is 4.22. The summed E-state index contributed by atoms with van der Waals surface area (Å²) >= 11 is 0. The summed E-state index contributed by atoms with van der Waals surface area (Å²) in [4.78, 5) is 16.4. The quantitative estimate of drug-likeness (QED) is 0.409. The lowest BCUT2D eigenvalue weighted by molar-refractivity contribution is -0.114. The Balaban J connectivity index is 1.36. The first-order valence-electron chi connectivity index (χ1n) is 11.8. The number of imidazole rings is 1. The Morgan fingerprint density at radius 2 is 1.91 bits per heavy atom. The van der Waals surface area contributed by atoms with Gasteiger partial charge in [-0.1, -0.05) is 6.07 Å². The fourth-order valence-corrected chi connectivity index (χ4v) is 4.72. The second-order valence-electron chi connectivity index (χ2n) is 8.88. The average molecular weight is 467 g/mol. The molecule has 0 atom stereocenters. The van der Waals surface area contributed by atoms with Crippen molar-refractivity contribution in [1.82, 2.24) is 34.4 Å². The van der Waals surface area contributed by atoms with Crippen molar-refractivity contribution in [3.63, 3.8) is 0 Å². The van der Waals surface area contributed by atoms with Crippen LogP contribution >= 0.6 is 0 Å². The summed E-state index contributed by atoms with van der Waals surface area (Å²) in [6, 6.07) is 14.5. The van der Waals surface area contributed by atoms with Gasteiger partial charge in [-0.2, -0.15) is 10.2 Å². The summed E-state index contributed by atoms with van der Waals surface area (Å²) in [5.74, 6) is -0.126. The first-order valence-corrected chi connectivity index (χ1v) is 11.8. The van der Waals surface area contributed by atoms with Crippen molar-refractivity contribution in [2.24, 2.45) is 0 Å². The summed E-state index contributed by atoms with van der Waals surface area (Å²) in [6.07, 6.45) is 11.7. The number of carbonyl (C=O) groups excluding carboxylic acids is 1. The van der Waals surface area contributed by atoms with Crippen molar-refractivity contribution in [3.8, 4) is 22.5 Å². The number of amides is 1. The summed E-state index contributed by atoms with van der Waals surface area (Å²) in [7, 11) is 0. The van der Waals surface area contributed by atoms with Crippen LogP contribution in [-0.4, -0.2) is 48.1 Å². The van der Waals surface area contributed by atoms with Gasteiger partial charge in [0.25, 0.3) is 0 Å². The van der Waals surface area contributed by atoms with Crippen LogP contribution in [0.5, 0.6) is 0 Å². The normalized spacial score (nSPS) is 14.4. The molecule has 9 heteroatoms. The molecular weight excluding hydrogens is 440 g/mol. The molecule has 5 aromatic rings. The Hall–Kier alpha value is -4.24. The predicted octanol–water partition coefficient (Wildman–Crippen LogP) is 3.96. The molecule has 1 saturated heterocycles. The molecule has 4 heterocycles. The summed E-state index contributed by atoms with van der Waals surface area (Å²) in [5.41, 5.74) is 6.48. The van der Waals surface area contributed by atoms with Crippen LogP contribution in [0.1, 0.15) is 25.8 Å². The third-order valence-corrected chi connectivity index (χ3v) is 6.43. The maximum Gasteiger partial charge on any atom is 0.221 e. The molecule has 0 spiro atoms. The second kappa shape index (κ2) is 8.84. The van der Waals surface area contributed by atoms with E-state index < -0.39 is 0 Å². The van der Waals surface area contributed by atoms with Crippen LogP contribution in [0.2, 0.25) is 0 Å². The van der Waals surface area contributed by atoms with Crippen LogP contribution in [0.3, 0.4) is 0 Å². The first-order chi connectivity index (χ1) is 17.1. The first kappa shape index (κ1) is 21.3. The topological polar surface area (TPSA) is 94.6 Å². The Morgan fingerprint density at radius 1 is 1.06 bits per heavy atom. The molecule has 6 rings (SSSR count). The number of carbonyl (C=O) groups is 1. The third-order valence-electron chi connectivity index (χ3n) is 6.43. The number of nitrogens with zero attached hydrogens (tertiary/aromatic N) is 6. The molecule has 176 valence electrons. The van der Waals surface area contributed by atoms with E-state index in [9.17, 15) is 4.79 Å². The predicted molar refractivity (Wildman–Crippen MR) is 135 cm³/mol. The lowest BCUT2D eigenvalue weighted by Crippen LogP contribution is -2.29. The van der Waals surface area contributed by atoms with Gasteiger partial charge in [-0.15, -0.1) is 0 Å². The Morgan fingerprint density at radius 3 is 2.71 bits per heavy atom. The van der Waals surface area contributed by atoms with Crippen LogP contribution in [-0.2, 0) is 4.79 Å². The molecule has 3 aromatic heterocycles. The maximum atomic E-state index is 11.7. The van der Waals surface area contributed by atoms with Gasteiger partial charge < -0.3 is 10.6 Å². The number of rotatable bonds is 5. The molecule has 0 radical (unpaired) electrons. The van der Waals surface area contributed by atoms with Crippen molar-refractivity contribution in [2.45, 2.75) is 25.8 Å². The fraction of sp³-hybridized carbons (Fsp3) is 0.231. The minimum absolute atomic E-state index is 0.126. The second-order valence-corrected chi connectivity index (χ2v) is 8.88. The van der Waals surface area contributed by atoms with Gasteiger partial charge in [0.2, 0.25) is 5.91 Å². The highest BCUT2D eigenvalue weighted by atomic mass is 16.1. The van der Waals surface area contributed by atoms with Gasteiger partial charge in [-0.3, -0.25) is 14.0 Å². The molecular formula is C26H26N8O. The Labute approximate surface area is 202 Å². The number of nitrogens with one attached hydrogen (secondary N) is 2. The molecule has 35 heavy (non-hydrogen) atoms. The van der Waals surface area contributed by atoms with E-state index in [2.05, 4.69) is 54.9 Å². The van der Waals surface area contributed by atoms with Gasteiger partial charge in [0.15, 0.2) is 0 Å². The van der Waals surface area contributed by atoms with Crippen molar-refractivity contribution >= 4 is 22.6 Å². The molecule has 0 unspecified atom stereocenters. The van der Waals surface area contributed by atoms with Gasteiger partial charge in [0, 0.05) is 36.8 Å². The van der Waals surface area contributed by atoms with E-state index >= 15 is 0 Å².